The number of aliphatic hydroxyl groups excluding tert-OH is 1. The van der Waals surface area contributed by atoms with E-state index in [1.165, 1.54) is 32.4 Å². The van der Waals surface area contributed by atoms with Crippen LogP contribution in [0.3, 0.4) is 0 Å². The molecular weight excluding hydrogens is 198 g/mol. The monoisotopic (exact) mass is 225 g/mol. The molecule has 0 aromatic rings. The summed E-state index contributed by atoms with van der Waals surface area (Å²) < 4.78 is 0. The molecule has 0 aromatic carbocycles. The van der Waals surface area contributed by atoms with Crippen LogP contribution in [0.2, 0.25) is 0 Å². The smallest absolute Gasteiger partial charge is 0.0555 e. The number of likely N-dealkylation sites (tertiary alicyclic amines) is 1. The van der Waals surface area contributed by atoms with Crippen LogP contribution in [0.4, 0.5) is 0 Å². The lowest BCUT2D eigenvalue weighted by atomic mass is 9.71. The van der Waals surface area contributed by atoms with Gasteiger partial charge < -0.3 is 5.11 Å². The highest BCUT2D eigenvalue weighted by Gasteiger charge is 2.39. The zero-order valence-corrected chi connectivity index (χ0v) is 11.1. The normalized spacial score (nSPS) is 37.5. The van der Waals surface area contributed by atoms with Gasteiger partial charge in [-0.15, -0.1) is 0 Å². The van der Waals surface area contributed by atoms with Gasteiger partial charge in [-0.1, -0.05) is 20.8 Å². The Hall–Kier alpha value is -0.0800. The van der Waals surface area contributed by atoms with Crippen LogP contribution in [0.25, 0.3) is 0 Å². The summed E-state index contributed by atoms with van der Waals surface area (Å²) in [5.41, 5.74) is 0.389. The van der Waals surface area contributed by atoms with Crippen LogP contribution in [0, 0.1) is 11.3 Å². The van der Waals surface area contributed by atoms with Crippen LogP contribution in [0.5, 0.6) is 0 Å². The summed E-state index contributed by atoms with van der Waals surface area (Å²) in [6.07, 6.45) is 5.77. The van der Waals surface area contributed by atoms with E-state index in [0.717, 1.165) is 18.8 Å². The predicted molar refractivity (Wildman–Crippen MR) is 67.4 cm³/mol. The molecule has 1 aliphatic heterocycles. The van der Waals surface area contributed by atoms with Crippen LogP contribution in [-0.2, 0) is 0 Å². The minimum absolute atomic E-state index is 0.0580. The SMILES string of the molecule is CC1CCN(C2CC(O)CCC2(C)C)CC1. The second-order valence-electron chi connectivity index (χ2n) is 6.65. The minimum Gasteiger partial charge on any atom is -0.393 e. The molecule has 94 valence electrons. The standard InChI is InChI=1S/C14H27NO/c1-11-5-8-15(9-6-11)13-10-12(16)4-7-14(13,2)3/h11-13,16H,4-10H2,1-3H3. The Morgan fingerprint density at radius 2 is 1.75 bits per heavy atom. The first-order valence-electron chi connectivity index (χ1n) is 6.91. The molecule has 0 amide bonds. The fourth-order valence-electron chi connectivity index (χ4n) is 3.38. The quantitative estimate of drug-likeness (QED) is 0.741. The first-order chi connectivity index (χ1) is 7.49. The highest BCUT2D eigenvalue weighted by Crippen LogP contribution is 2.40. The molecule has 2 aliphatic rings. The van der Waals surface area contributed by atoms with Gasteiger partial charge in [0.2, 0.25) is 0 Å². The van der Waals surface area contributed by atoms with Crippen molar-refractivity contribution in [2.24, 2.45) is 11.3 Å². The Kier molecular flexibility index (Phi) is 3.60. The zero-order valence-electron chi connectivity index (χ0n) is 11.1. The number of rotatable bonds is 1. The van der Waals surface area contributed by atoms with Gasteiger partial charge in [-0.05, 0) is 56.5 Å². The Morgan fingerprint density at radius 1 is 1.12 bits per heavy atom. The van der Waals surface area contributed by atoms with E-state index in [0.29, 0.717) is 11.5 Å². The van der Waals surface area contributed by atoms with Crippen molar-refractivity contribution < 1.29 is 5.11 Å². The molecule has 16 heavy (non-hydrogen) atoms. The summed E-state index contributed by atoms with van der Waals surface area (Å²) in [6.45, 7) is 9.59. The molecule has 2 rings (SSSR count). The summed E-state index contributed by atoms with van der Waals surface area (Å²) in [7, 11) is 0. The van der Waals surface area contributed by atoms with Crippen LogP contribution in [0.1, 0.15) is 52.9 Å². The third-order valence-electron chi connectivity index (χ3n) is 4.78. The molecule has 2 heteroatoms. The Bertz CT molecular complexity index is 231. The number of piperidine rings is 1. The van der Waals surface area contributed by atoms with E-state index in [1.807, 2.05) is 0 Å². The second-order valence-corrected chi connectivity index (χ2v) is 6.65. The van der Waals surface area contributed by atoms with Crippen molar-refractivity contribution in [2.45, 2.75) is 65.0 Å². The Morgan fingerprint density at radius 3 is 2.38 bits per heavy atom. The topological polar surface area (TPSA) is 23.5 Å². The van der Waals surface area contributed by atoms with E-state index in [4.69, 9.17) is 0 Å². The van der Waals surface area contributed by atoms with Crippen molar-refractivity contribution in [3.63, 3.8) is 0 Å². The molecule has 0 spiro atoms. The van der Waals surface area contributed by atoms with Crippen LogP contribution < -0.4 is 0 Å². The maximum Gasteiger partial charge on any atom is 0.0555 e. The molecule has 2 nitrogen and oxygen atoms in total. The lowest BCUT2D eigenvalue weighted by molar-refractivity contribution is -0.0229. The number of aliphatic hydroxyl groups is 1. The van der Waals surface area contributed by atoms with E-state index < -0.39 is 0 Å². The molecule has 1 N–H and O–H groups in total. The number of hydrogen-bond acceptors (Lipinski definition) is 2. The molecule has 2 fully saturated rings. The largest absolute Gasteiger partial charge is 0.393 e. The van der Waals surface area contributed by atoms with Crippen LogP contribution in [0.15, 0.2) is 0 Å². The highest BCUT2D eigenvalue weighted by molar-refractivity contribution is 4.93. The molecule has 2 atom stereocenters. The second kappa shape index (κ2) is 4.66. The van der Waals surface area contributed by atoms with Gasteiger partial charge in [0.05, 0.1) is 6.10 Å². The first-order valence-corrected chi connectivity index (χ1v) is 6.91. The average molecular weight is 225 g/mol. The average Bonchev–Trinajstić information content (AvgIpc) is 2.23. The fraction of sp³-hybridized carbons (Fsp3) is 1.00. The molecule has 2 unspecified atom stereocenters. The molecule has 1 saturated carbocycles. The summed E-state index contributed by atoms with van der Waals surface area (Å²) in [5.74, 6) is 0.896. The van der Waals surface area contributed by atoms with Gasteiger partial charge in [-0.25, -0.2) is 0 Å². The predicted octanol–water partition coefficient (Wildman–Crippen LogP) is 2.66. The van der Waals surface area contributed by atoms with Crippen molar-refractivity contribution in [3.05, 3.63) is 0 Å². The summed E-state index contributed by atoms with van der Waals surface area (Å²) in [6, 6.07) is 0.601. The van der Waals surface area contributed by atoms with E-state index in [1.54, 1.807) is 0 Å². The number of nitrogens with zero attached hydrogens (tertiary/aromatic N) is 1. The third-order valence-corrected chi connectivity index (χ3v) is 4.78. The Labute approximate surface area is 100 Å². The molecular formula is C14H27NO. The van der Waals surface area contributed by atoms with Crippen molar-refractivity contribution in [2.75, 3.05) is 13.1 Å². The van der Waals surface area contributed by atoms with Crippen molar-refractivity contribution in [1.82, 2.24) is 4.90 Å². The molecule has 0 radical (unpaired) electrons. The maximum absolute atomic E-state index is 9.87. The Balaban J connectivity index is 2.00. The lowest BCUT2D eigenvalue weighted by Crippen LogP contribution is -2.52. The number of hydrogen-bond donors (Lipinski definition) is 1. The molecule has 0 aromatic heterocycles. The minimum atomic E-state index is -0.0580. The summed E-state index contributed by atoms with van der Waals surface area (Å²) in [5, 5.41) is 9.87. The maximum atomic E-state index is 9.87. The zero-order chi connectivity index (χ0) is 11.8. The van der Waals surface area contributed by atoms with E-state index in [9.17, 15) is 5.11 Å². The van der Waals surface area contributed by atoms with Crippen molar-refractivity contribution in [3.8, 4) is 0 Å². The van der Waals surface area contributed by atoms with E-state index >= 15 is 0 Å². The van der Waals surface area contributed by atoms with Gasteiger partial charge in [-0.2, -0.15) is 0 Å². The molecule has 1 heterocycles. The van der Waals surface area contributed by atoms with E-state index in [-0.39, 0.29) is 6.10 Å². The van der Waals surface area contributed by atoms with Gasteiger partial charge in [0.25, 0.3) is 0 Å². The first kappa shape index (κ1) is 12.4. The highest BCUT2D eigenvalue weighted by atomic mass is 16.3. The van der Waals surface area contributed by atoms with Gasteiger partial charge in [0, 0.05) is 6.04 Å². The third kappa shape index (κ3) is 2.60. The van der Waals surface area contributed by atoms with Crippen molar-refractivity contribution in [1.29, 1.82) is 0 Å². The molecule has 1 aliphatic carbocycles. The molecule has 0 bridgehead atoms. The lowest BCUT2D eigenvalue weighted by Gasteiger charge is -2.48. The van der Waals surface area contributed by atoms with Gasteiger partial charge in [0.1, 0.15) is 0 Å². The summed E-state index contributed by atoms with van der Waals surface area (Å²) >= 11 is 0. The van der Waals surface area contributed by atoms with Crippen LogP contribution >= 0.6 is 0 Å². The summed E-state index contributed by atoms with van der Waals surface area (Å²) in [4.78, 5) is 2.64. The van der Waals surface area contributed by atoms with Gasteiger partial charge >= 0.3 is 0 Å². The van der Waals surface area contributed by atoms with Crippen molar-refractivity contribution >= 4 is 0 Å². The molecule has 1 saturated heterocycles. The van der Waals surface area contributed by atoms with Gasteiger partial charge in [-0.3, -0.25) is 4.90 Å². The fourth-order valence-corrected chi connectivity index (χ4v) is 3.38. The van der Waals surface area contributed by atoms with Crippen LogP contribution in [-0.4, -0.2) is 35.2 Å². The van der Waals surface area contributed by atoms with E-state index in [2.05, 4.69) is 25.7 Å². The van der Waals surface area contributed by atoms with Gasteiger partial charge in [0.15, 0.2) is 0 Å².